The van der Waals surface area contributed by atoms with Gasteiger partial charge in [-0.3, -0.25) is 4.79 Å². The number of halogens is 1. The van der Waals surface area contributed by atoms with E-state index in [0.29, 0.717) is 5.56 Å². The molecule has 0 saturated heterocycles. The van der Waals surface area contributed by atoms with Crippen molar-refractivity contribution in [1.82, 2.24) is 0 Å². The van der Waals surface area contributed by atoms with Crippen LogP contribution < -0.4 is 0 Å². The molecule has 15 heavy (non-hydrogen) atoms. The maximum Gasteiger partial charge on any atom is 0.302 e. The first-order valence-electron chi connectivity index (χ1n) is 4.53. The van der Waals surface area contributed by atoms with Crippen molar-refractivity contribution in [3.05, 3.63) is 34.3 Å². The maximum atomic E-state index is 10.6. The van der Waals surface area contributed by atoms with Gasteiger partial charge in [0.1, 0.15) is 12.2 Å². The molecule has 0 saturated carbocycles. The van der Waals surface area contributed by atoms with Gasteiger partial charge in [-0.05, 0) is 24.6 Å². The molecular formula is C11H13BrO3. The minimum atomic E-state index is -1.15. The van der Waals surface area contributed by atoms with Gasteiger partial charge in [0.2, 0.25) is 0 Å². The van der Waals surface area contributed by atoms with Crippen molar-refractivity contribution in [2.24, 2.45) is 0 Å². The van der Waals surface area contributed by atoms with Crippen LogP contribution in [0.3, 0.4) is 0 Å². The van der Waals surface area contributed by atoms with Gasteiger partial charge in [-0.15, -0.1) is 0 Å². The zero-order valence-corrected chi connectivity index (χ0v) is 10.2. The Kier molecular flexibility index (Phi) is 3.88. The molecule has 0 radical (unpaired) electrons. The highest BCUT2D eigenvalue weighted by molar-refractivity contribution is 9.10. The Morgan fingerprint density at radius 2 is 2.00 bits per heavy atom. The Morgan fingerprint density at radius 3 is 2.47 bits per heavy atom. The molecule has 0 aliphatic heterocycles. The van der Waals surface area contributed by atoms with Gasteiger partial charge in [0, 0.05) is 11.4 Å². The summed E-state index contributed by atoms with van der Waals surface area (Å²) < 4.78 is 5.73. The third-order valence-corrected chi connectivity index (χ3v) is 2.55. The fourth-order valence-electron chi connectivity index (χ4n) is 1.13. The molecule has 1 rings (SSSR count). The summed E-state index contributed by atoms with van der Waals surface area (Å²) in [6.07, 6.45) is 0. The second-order valence-electron chi connectivity index (χ2n) is 3.56. The van der Waals surface area contributed by atoms with Crippen LogP contribution in [0.25, 0.3) is 0 Å². The summed E-state index contributed by atoms with van der Waals surface area (Å²) in [5.41, 5.74) is -0.432. The molecule has 1 aromatic rings. The van der Waals surface area contributed by atoms with Crippen LogP contribution in [0, 0.1) is 0 Å². The maximum absolute atomic E-state index is 10.6. The highest BCUT2D eigenvalue weighted by atomic mass is 79.9. The van der Waals surface area contributed by atoms with E-state index in [1.165, 1.54) is 6.92 Å². The monoisotopic (exact) mass is 272 g/mol. The molecule has 1 aromatic carbocycles. The number of aliphatic hydroxyl groups is 1. The first-order valence-corrected chi connectivity index (χ1v) is 5.33. The molecule has 82 valence electrons. The van der Waals surface area contributed by atoms with Crippen molar-refractivity contribution < 1.29 is 14.6 Å². The molecule has 3 nitrogen and oxygen atoms in total. The zero-order valence-electron chi connectivity index (χ0n) is 8.66. The van der Waals surface area contributed by atoms with Gasteiger partial charge < -0.3 is 9.84 Å². The van der Waals surface area contributed by atoms with Crippen molar-refractivity contribution >= 4 is 21.9 Å². The molecular weight excluding hydrogens is 260 g/mol. The Bertz CT molecular complexity index is 343. The summed E-state index contributed by atoms with van der Waals surface area (Å²) in [5, 5.41) is 10.0. The smallest absolute Gasteiger partial charge is 0.302 e. The number of carbonyl (C=O) groups excluding carboxylic acids is 1. The molecule has 0 unspecified atom stereocenters. The predicted octanol–water partition coefficient (Wildman–Crippen LogP) is 2.22. The lowest BCUT2D eigenvalue weighted by Crippen LogP contribution is -2.28. The van der Waals surface area contributed by atoms with Gasteiger partial charge in [0.15, 0.2) is 0 Å². The van der Waals surface area contributed by atoms with Crippen LogP contribution >= 0.6 is 15.9 Å². The number of ether oxygens (including phenoxy) is 1. The van der Waals surface area contributed by atoms with Crippen LogP contribution in [-0.4, -0.2) is 17.7 Å². The van der Waals surface area contributed by atoms with Crippen LogP contribution in [0.1, 0.15) is 19.4 Å². The summed E-state index contributed by atoms with van der Waals surface area (Å²) in [6.45, 7) is 2.89. The van der Waals surface area contributed by atoms with E-state index in [9.17, 15) is 9.90 Å². The predicted molar refractivity (Wildman–Crippen MR) is 60.3 cm³/mol. The molecule has 0 spiro atoms. The van der Waals surface area contributed by atoms with Crippen molar-refractivity contribution in [3.63, 3.8) is 0 Å². The van der Waals surface area contributed by atoms with Crippen LogP contribution in [0.2, 0.25) is 0 Å². The first-order chi connectivity index (χ1) is 6.92. The van der Waals surface area contributed by atoms with Crippen molar-refractivity contribution in [2.75, 3.05) is 6.61 Å². The quantitative estimate of drug-likeness (QED) is 0.859. The fraction of sp³-hybridized carbons (Fsp3) is 0.364. The zero-order chi connectivity index (χ0) is 11.5. The number of hydrogen-bond donors (Lipinski definition) is 1. The van der Waals surface area contributed by atoms with Gasteiger partial charge in [-0.1, -0.05) is 28.1 Å². The minimum absolute atomic E-state index is 0.0377. The van der Waals surface area contributed by atoms with Crippen molar-refractivity contribution in [2.45, 2.75) is 19.4 Å². The number of esters is 1. The second-order valence-corrected chi connectivity index (χ2v) is 4.48. The lowest BCUT2D eigenvalue weighted by molar-refractivity contribution is -0.148. The number of hydrogen-bond acceptors (Lipinski definition) is 3. The average molecular weight is 273 g/mol. The van der Waals surface area contributed by atoms with Gasteiger partial charge in [0.05, 0.1) is 0 Å². The SMILES string of the molecule is CC(=O)OC[C@@](C)(O)c1ccc(Br)cc1. The van der Waals surface area contributed by atoms with E-state index in [1.807, 2.05) is 12.1 Å². The van der Waals surface area contributed by atoms with Gasteiger partial charge in [-0.2, -0.15) is 0 Å². The third-order valence-electron chi connectivity index (χ3n) is 2.02. The Labute approximate surface area is 97.2 Å². The largest absolute Gasteiger partial charge is 0.462 e. The molecule has 0 heterocycles. The number of benzene rings is 1. The molecule has 4 heteroatoms. The lowest BCUT2D eigenvalue weighted by atomic mass is 9.97. The summed E-state index contributed by atoms with van der Waals surface area (Å²) in [7, 11) is 0. The lowest BCUT2D eigenvalue weighted by Gasteiger charge is -2.23. The van der Waals surface area contributed by atoms with E-state index in [-0.39, 0.29) is 6.61 Å². The first kappa shape index (κ1) is 12.2. The third kappa shape index (κ3) is 3.64. The van der Waals surface area contributed by atoms with Gasteiger partial charge >= 0.3 is 5.97 Å². The highest BCUT2D eigenvalue weighted by Gasteiger charge is 2.24. The topological polar surface area (TPSA) is 46.5 Å². The van der Waals surface area contributed by atoms with Gasteiger partial charge in [0.25, 0.3) is 0 Å². The molecule has 0 bridgehead atoms. The summed E-state index contributed by atoms with van der Waals surface area (Å²) in [6, 6.07) is 7.23. The summed E-state index contributed by atoms with van der Waals surface area (Å²) >= 11 is 3.31. The highest BCUT2D eigenvalue weighted by Crippen LogP contribution is 2.22. The molecule has 0 amide bonds. The van der Waals surface area contributed by atoms with Crippen LogP contribution in [0.5, 0.6) is 0 Å². The average Bonchev–Trinajstić information content (AvgIpc) is 2.16. The standard InChI is InChI=1S/C11H13BrO3/c1-8(13)15-7-11(2,14)9-3-5-10(12)6-4-9/h3-6,14H,7H2,1-2H3/t11-/m1/s1. The molecule has 0 aromatic heterocycles. The van der Waals surface area contributed by atoms with Gasteiger partial charge in [-0.25, -0.2) is 0 Å². The number of carbonyl (C=O) groups is 1. The normalized spacial score (nSPS) is 14.4. The van der Waals surface area contributed by atoms with E-state index < -0.39 is 11.6 Å². The Morgan fingerprint density at radius 1 is 1.47 bits per heavy atom. The van der Waals surface area contributed by atoms with Crippen molar-refractivity contribution in [1.29, 1.82) is 0 Å². The van der Waals surface area contributed by atoms with E-state index in [2.05, 4.69) is 15.9 Å². The Hall–Kier alpha value is -0.870. The van der Waals surface area contributed by atoms with Crippen LogP contribution in [-0.2, 0) is 15.1 Å². The van der Waals surface area contributed by atoms with Crippen molar-refractivity contribution in [3.8, 4) is 0 Å². The summed E-state index contributed by atoms with van der Waals surface area (Å²) in [4.78, 5) is 10.6. The van der Waals surface area contributed by atoms with E-state index in [4.69, 9.17) is 4.74 Å². The molecule has 1 atom stereocenters. The van der Waals surface area contributed by atoms with E-state index in [0.717, 1.165) is 4.47 Å². The minimum Gasteiger partial charge on any atom is -0.462 e. The number of rotatable bonds is 3. The molecule has 0 fully saturated rings. The molecule has 1 N–H and O–H groups in total. The summed E-state index contributed by atoms with van der Waals surface area (Å²) in [5.74, 6) is -0.396. The van der Waals surface area contributed by atoms with Crippen LogP contribution in [0.15, 0.2) is 28.7 Å². The fourth-order valence-corrected chi connectivity index (χ4v) is 1.40. The van der Waals surface area contributed by atoms with E-state index in [1.54, 1.807) is 19.1 Å². The molecule has 0 aliphatic carbocycles. The van der Waals surface area contributed by atoms with Crippen LogP contribution in [0.4, 0.5) is 0 Å². The second kappa shape index (κ2) is 4.77. The molecule has 0 aliphatic rings. The Balaban J connectivity index is 2.76. The van der Waals surface area contributed by atoms with E-state index >= 15 is 0 Å².